The molecule has 0 saturated heterocycles. The summed E-state index contributed by atoms with van der Waals surface area (Å²) in [5.74, 6) is 0.306. The molecule has 0 radical (unpaired) electrons. The van der Waals surface area contributed by atoms with Gasteiger partial charge in [0.1, 0.15) is 5.75 Å². The molecule has 0 aromatic heterocycles. The first kappa shape index (κ1) is 10.1. The number of aryl methyl sites for hydroxylation is 1. The molecular formula is C11H16O2. The van der Waals surface area contributed by atoms with Crippen LogP contribution in [-0.2, 0) is 13.0 Å². The van der Waals surface area contributed by atoms with E-state index < -0.39 is 0 Å². The molecule has 2 heteroatoms. The number of phenolic OH excluding ortho intramolecular Hbond substituents is 1. The maximum Gasteiger partial charge on any atom is 0.119 e. The molecule has 1 aromatic carbocycles. The number of unbranched alkanes of at least 4 members (excludes halogenated alkanes) is 1. The second-order valence-electron chi connectivity index (χ2n) is 3.22. The van der Waals surface area contributed by atoms with Gasteiger partial charge in [-0.2, -0.15) is 0 Å². The number of hydrogen-bond donors (Lipinski definition) is 2. The van der Waals surface area contributed by atoms with Crippen LogP contribution in [0.25, 0.3) is 0 Å². The van der Waals surface area contributed by atoms with E-state index in [-0.39, 0.29) is 6.61 Å². The highest BCUT2D eigenvalue weighted by atomic mass is 16.3. The maximum absolute atomic E-state index is 9.54. The first-order chi connectivity index (χ1) is 6.27. The molecule has 0 atom stereocenters. The predicted octanol–water partition coefficient (Wildman–Crippen LogP) is 2.23. The fourth-order valence-corrected chi connectivity index (χ4v) is 1.29. The van der Waals surface area contributed by atoms with Gasteiger partial charge >= 0.3 is 0 Å². The monoisotopic (exact) mass is 180 g/mol. The van der Waals surface area contributed by atoms with Gasteiger partial charge in [0.2, 0.25) is 0 Å². The highest BCUT2D eigenvalue weighted by Crippen LogP contribution is 2.20. The van der Waals surface area contributed by atoms with Gasteiger partial charge in [-0.15, -0.1) is 0 Å². The third-order valence-electron chi connectivity index (χ3n) is 2.13. The summed E-state index contributed by atoms with van der Waals surface area (Å²) in [5, 5.41) is 18.4. The second kappa shape index (κ2) is 4.87. The van der Waals surface area contributed by atoms with Crippen molar-refractivity contribution in [1.82, 2.24) is 0 Å². The number of aliphatic hydroxyl groups excluding tert-OH is 1. The zero-order valence-electron chi connectivity index (χ0n) is 7.95. The van der Waals surface area contributed by atoms with E-state index >= 15 is 0 Å². The third kappa shape index (κ3) is 2.74. The average molecular weight is 180 g/mol. The Morgan fingerprint density at radius 1 is 1.31 bits per heavy atom. The van der Waals surface area contributed by atoms with Crippen LogP contribution in [-0.4, -0.2) is 10.2 Å². The largest absolute Gasteiger partial charge is 0.508 e. The summed E-state index contributed by atoms with van der Waals surface area (Å²) in [4.78, 5) is 0. The van der Waals surface area contributed by atoms with Crippen molar-refractivity contribution in [2.24, 2.45) is 0 Å². The minimum absolute atomic E-state index is 0.0123. The summed E-state index contributed by atoms with van der Waals surface area (Å²) >= 11 is 0. The zero-order chi connectivity index (χ0) is 9.68. The Kier molecular flexibility index (Phi) is 3.77. The first-order valence-corrected chi connectivity index (χ1v) is 4.69. The van der Waals surface area contributed by atoms with Gasteiger partial charge in [-0.3, -0.25) is 0 Å². The number of rotatable bonds is 4. The van der Waals surface area contributed by atoms with Crippen LogP contribution < -0.4 is 0 Å². The number of phenols is 1. The minimum atomic E-state index is -0.0123. The van der Waals surface area contributed by atoms with E-state index in [0.717, 1.165) is 30.4 Å². The van der Waals surface area contributed by atoms with Crippen LogP contribution in [0.3, 0.4) is 0 Å². The van der Waals surface area contributed by atoms with E-state index in [9.17, 15) is 5.11 Å². The Morgan fingerprint density at radius 3 is 2.62 bits per heavy atom. The van der Waals surface area contributed by atoms with Gasteiger partial charge in [-0.05, 0) is 30.0 Å². The van der Waals surface area contributed by atoms with Crippen LogP contribution in [0.1, 0.15) is 30.9 Å². The van der Waals surface area contributed by atoms with Gasteiger partial charge in [0.25, 0.3) is 0 Å². The van der Waals surface area contributed by atoms with Crippen molar-refractivity contribution in [1.29, 1.82) is 0 Å². The molecule has 0 aliphatic heterocycles. The lowest BCUT2D eigenvalue weighted by Gasteiger charge is -2.04. The normalized spacial score (nSPS) is 10.3. The Bertz CT molecular complexity index is 269. The molecule has 0 bridgehead atoms. The SMILES string of the molecule is CCCCc1ccc(CO)cc1O. The van der Waals surface area contributed by atoms with E-state index in [1.807, 2.05) is 12.1 Å². The van der Waals surface area contributed by atoms with Crippen molar-refractivity contribution in [2.45, 2.75) is 32.8 Å². The Hall–Kier alpha value is -1.02. The highest BCUT2D eigenvalue weighted by molar-refractivity contribution is 5.36. The lowest BCUT2D eigenvalue weighted by molar-refractivity contribution is 0.281. The predicted molar refractivity (Wildman–Crippen MR) is 52.6 cm³/mol. The number of aromatic hydroxyl groups is 1. The number of hydrogen-bond acceptors (Lipinski definition) is 2. The van der Waals surface area contributed by atoms with Gasteiger partial charge < -0.3 is 10.2 Å². The Balaban J connectivity index is 2.73. The van der Waals surface area contributed by atoms with Crippen LogP contribution in [0.4, 0.5) is 0 Å². The van der Waals surface area contributed by atoms with E-state index in [1.54, 1.807) is 6.07 Å². The molecule has 0 aliphatic rings. The summed E-state index contributed by atoms with van der Waals surface area (Å²) in [6.07, 6.45) is 3.13. The topological polar surface area (TPSA) is 40.5 Å². The smallest absolute Gasteiger partial charge is 0.119 e. The molecule has 72 valence electrons. The van der Waals surface area contributed by atoms with Gasteiger partial charge in [0.15, 0.2) is 0 Å². The molecule has 0 fully saturated rings. The second-order valence-corrected chi connectivity index (χ2v) is 3.22. The number of aliphatic hydroxyl groups is 1. The van der Waals surface area contributed by atoms with Crippen molar-refractivity contribution in [3.8, 4) is 5.75 Å². The molecule has 0 spiro atoms. The molecule has 1 rings (SSSR count). The summed E-state index contributed by atoms with van der Waals surface area (Å²) in [6, 6.07) is 5.37. The first-order valence-electron chi connectivity index (χ1n) is 4.69. The number of benzene rings is 1. The van der Waals surface area contributed by atoms with Crippen LogP contribution in [0.2, 0.25) is 0 Å². The van der Waals surface area contributed by atoms with Crippen LogP contribution in [0, 0.1) is 0 Å². The Labute approximate surface area is 78.8 Å². The molecule has 0 heterocycles. The standard InChI is InChI=1S/C11H16O2/c1-2-3-4-10-6-5-9(8-12)7-11(10)13/h5-7,12-13H,2-4,8H2,1H3. The molecule has 0 saturated carbocycles. The van der Waals surface area contributed by atoms with Crippen LogP contribution >= 0.6 is 0 Å². The summed E-state index contributed by atoms with van der Waals surface area (Å²) < 4.78 is 0. The molecule has 0 aliphatic carbocycles. The zero-order valence-corrected chi connectivity index (χ0v) is 7.95. The molecule has 0 amide bonds. The highest BCUT2D eigenvalue weighted by Gasteiger charge is 2.01. The van der Waals surface area contributed by atoms with Crippen molar-refractivity contribution in [3.63, 3.8) is 0 Å². The van der Waals surface area contributed by atoms with E-state index in [1.165, 1.54) is 0 Å². The van der Waals surface area contributed by atoms with Gasteiger partial charge in [-0.1, -0.05) is 25.5 Å². The van der Waals surface area contributed by atoms with E-state index in [0.29, 0.717) is 5.75 Å². The van der Waals surface area contributed by atoms with Crippen molar-refractivity contribution < 1.29 is 10.2 Å². The molecule has 0 unspecified atom stereocenters. The Morgan fingerprint density at radius 2 is 2.08 bits per heavy atom. The maximum atomic E-state index is 9.54. The van der Waals surface area contributed by atoms with Gasteiger partial charge in [0, 0.05) is 0 Å². The summed E-state index contributed by atoms with van der Waals surface area (Å²) in [7, 11) is 0. The molecular weight excluding hydrogens is 164 g/mol. The van der Waals surface area contributed by atoms with Crippen molar-refractivity contribution in [3.05, 3.63) is 29.3 Å². The third-order valence-corrected chi connectivity index (χ3v) is 2.13. The van der Waals surface area contributed by atoms with Gasteiger partial charge in [-0.25, -0.2) is 0 Å². The molecule has 1 aromatic rings. The molecule has 2 nitrogen and oxygen atoms in total. The van der Waals surface area contributed by atoms with E-state index in [2.05, 4.69) is 6.92 Å². The van der Waals surface area contributed by atoms with Crippen LogP contribution in [0.15, 0.2) is 18.2 Å². The lowest BCUT2D eigenvalue weighted by Crippen LogP contribution is -1.88. The lowest BCUT2D eigenvalue weighted by atomic mass is 10.1. The fourth-order valence-electron chi connectivity index (χ4n) is 1.29. The average Bonchev–Trinajstić information content (AvgIpc) is 2.16. The van der Waals surface area contributed by atoms with Crippen LogP contribution in [0.5, 0.6) is 5.75 Å². The minimum Gasteiger partial charge on any atom is -0.508 e. The van der Waals surface area contributed by atoms with Crippen molar-refractivity contribution in [2.75, 3.05) is 0 Å². The van der Waals surface area contributed by atoms with Crippen molar-refractivity contribution >= 4 is 0 Å². The van der Waals surface area contributed by atoms with E-state index in [4.69, 9.17) is 5.11 Å². The van der Waals surface area contributed by atoms with Gasteiger partial charge in [0.05, 0.1) is 6.61 Å². The quantitative estimate of drug-likeness (QED) is 0.746. The fraction of sp³-hybridized carbons (Fsp3) is 0.455. The summed E-state index contributed by atoms with van der Waals surface area (Å²) in [5.41, 5.74) is 1.73. The molecule has 13 heavy (non-hydrogen) atoms. The summed E-state index contributed by atoms with van der Waals surface area (Å²) in [6.45, 7) is 2.11. The molecule has 2 N–H and O–H groups in total.